The number of hydrogen-bond donors (Lipinski definition) is 0. The van der Waals surface area contributed by atoms with Crippen molar-refractivity contribution in [3.63, 3.8) is 0 Å². The molecular formula is C17H25N3O2S. The fraction of sp³-hybridized carbons (Fsp3) is 0.471. The van der Waals surface area contributed by atoms with Crippen LogP contribution in [0.4, 0.5) is 0 Å². The Morgan fingerprint density at radius 1 is 1.22 bits per heavy atom. The minimum Gasteiger partial charge on any atom is -0.268 e. The van der Waals surface area contributed by atoms with E-state index >= 15 is 0 Å². The maximum Gasteiger partial charge on any atom is 0.246 e. The fourth-order valence-corrected chi connectivity index (χ4v) is 3.64. The van der Waals surface area contributed by atoms with Crippen LogP contribution >= 0.6 is 0 Å². The summed E-state index contributed by atoms with van der Waals surface area (Å²) in [6.45, 7) is 6.53. The molecule has 1 aromatic heterocycles. The van der Waals surface area contributed by atoms with Gasteiger partial charge in [0.15, 0.2) is 0 Å². The highest BCUT2D eigenvalue weighted by atomic mass is 32.2. The first-order chi connectivity index (χ1) is 10.9. The van der Waals surface area contributed by atoms with E-state index in [9.17, 15) is 8.42 Å². The van der Waals surface area contributed by atoms with Crippen molar-refractivity contribution >= 4 is 10.0 Å². The van der Waals surface area contributed by atoms with Gasteiger partial charge in [-0.25, -0.2) is 12.7 Å². The van der Waals surface area contributed by atoms with E-state index in [1.54, 1.807) is 17.9 Å². The predicted octanol–water partition coefficient (Wildman–Crippen LogP) is 3.55. The standard InChI is InChI=1S/C17H25N3O2S/c1-5-6-12-19(4)23(21,22)16-13-20(14(2)3)18-17(16)15-10-8-7-9-11-15/h7-11,13-14H,5-6,12H2,1-4H3. The van der Waals surface area contributed by atoms with Gasteiger partial charge in [0, 0.05) is 31.4 Å². The highest BCUT2D eigenvalue weighted by Crippen LogP contribution is 2.29. The molecule has 6 heteroatoms. The van der Waals surface area contributed by atoms with Gasteiger partial charge in [-0.2, -0.15) is 5.10 Å². The molecule has 0 unspecified atom stereocenters. The molecule has 0 saturated carbocycles. The predicted molar refractivity (Wildman–Crippen MR) is 92.8 cm³/mol. The van der Waals surface area contributed by atoms with Crippen molar-refractivity contribution < 1.29 is 8.42 Å². The minimum absolute atomic E-state index is 0.0994. The molecule has 0 aliphatic carbocycles. The quantitative estimate of drug-likeness (QED) is 0.777. The maximum atomic E-state index is 12.9. The Labute approximate surface area is 139 Å². The zero-order valence-electron chi connectivity index (χ0n) is 14.2. The largest absolute Gasteiger partial charge is 0.268 e. The van der Waals surface area contributed by atoms with Crippen LogP contribution in [0.3, 0.4) is 0 Å². The Hall–Kier alpha value is -1.66. The van der Waals surface area contributed by atoms with Gasteiger partial charge in [-0.1, -0.05) is 43.7 Å². The highest BCUT2D eigenvalue weighted by Gasteiger charge is 2.27. The second-order valence-corrected chi connectivity index (χ2v) is 7.98. The molecule has 0 fully saturated rings. The normalized spacial score (nSPS) is 12.3. The van der Waals surface area contributed by atoms with Crippen LogP contribution in [0, 0.1) is 0 Å². The molecule has 0 bridgehead atoms. The summed E-state index contributed by atoms with van der Waals surface area (Å²) in [6, 6.07) is 9.56. The Bertz CT molecular complexity index is 736. The number of unbranched alkanes of at least 4 members (excludes halogenated alkanes) is 1. The van der Waals surface area contributed by atoms with Crippen molar-refractivity contribution in [3.8, 4) is 11.3 Å². The second-order valence-electron chi connectivity index (χ2n) is 5.96. The van der Waals surface area contributed by atoms with E-state index in [-0.39, 0.29) is 10.9 Å². The summed E-state index contributed by atoms with van der Waals surface area (Å²) in [5.74, 6) is 0. The van der Waals surface area contributed by atoms with Crippen LogP contribution in [0.5, 0.6) is 0 Å². The second kappa shape index (κ2) is 7.27. The van der Waals surface area contributed by atoms with Crippen molar-refractivity contribution in [2.75, 3.05) is 13.6 Å². The first-order valence-corrected chi connectivity index (χ1v) is 9.42. The SMILES string of the molecule is CCCCN(C)S(=O)(=O)c1cn(C(C)C)nc1-c1ccccc1. The van der Waals surface area contributed by atoms with Crippen LogP contribution < -0.4 is 0 Å². The molecule has 0 radical (unpaired) electrons. The summed E-state index contributed by atoms with van der Waals surface area (Å²) in [5.41, 5.74) is 1.33. The summed E-state index contributed by atoms with van der Waals surface area (Å²) in [7, 11) is -1.92. The molecule has 126 valence electrons. The summed E-state index contributed by atoms with van der Waals surface area (Å²) in [6.07, 6.45) is 3.44. The van der Waals surface area contributed by atoms with Crippen LogP contribution in [-0.4, -0.2) is 36.1 Å². The summed E-state index contributed by atoms with van der Waals surface area (Å²) < 4.78 is 29.0. The number of sulfonamides is 1. The van der Waals surface area contributed by atoms with Crippen LogP contribution in [0.25, 0.3) is 11.3 Å². The van der Waals surface area contributed by atoms with E-state index in [0.29, 0.717) is 12.2 Å². The van der Waals surface area contributed by atoms with Crippen molar-refractivity contribution in [1.82, 2.24) is 14.1 Å². The van der Waals surface area contributed by atoms with Crippen molar-refractivity contribution in [1.29, 1.82) is 0 Å². The molecule has 0 atom stereocenters. The fourth-order valence-electron chi connectivity index (χ4n) is 2.29. The lowest BCUT2D eigenvalue weighted by Crippen LogP contribution is -2.28. The molecular weight excluding hydrogens is 310 g/mol. The third-order valence-corrected chi connectivity index (χ3v) is 5.65. The Morgan fingerprint density at radius 2 is 1.87 bits per heavy atom. The lowest BCUT2D eigenvalue weighted by molar-refractivity contribution is 0.459. The molecule has 0 aliphatic rings. The Kier molecular flexibility index (Phi) is 5.59. The monoisotopic (exact) mass is 335 g/mol. The number of hydrogen-bond acceptors (Lipinski definition) is 3. The molecule has 0 spiro atoms. The molecule has 0 amide bonds. The van der Waals surface area contributed by atoms with Gasteiger partial charge in [0.2, 0.25) is 10.0 Å². The molecule has 2 rings (SSSR count). The summed E-state index contributed by atoms with van der Waals surface area (Å²) in [5, 5.41) is 4.52. The molecule has 1 heterocycles. The molecule has 0 N–H and O–H groups in total. The lowest BCUT2D eigenvalue weighted by atomic mass is 10.2. The zero-order valence-corrected chi connectivity index (χ0v) is 15.0. The van der Waals surface area contributed by atoms with Gasteiger partial charge in [0.05, 0.1) is 0 Å². The van der Waals surface area contributed by atoms with Gasteiger partial charge in [-0.3, -0.25) is 4.68 Å². The van der Waals surface area contributed by atoms with Crippen molar-refractivity contribution in [2.45, 2.75) is 44.6 Å². The maximum absolute atomic E-state index is 12.9. The van der Waals surface area contributed by atoms with E-state index in [1.165, 1.54) is 4.31 Å². The van der Waals surface area contributed by atoms with Crippen molar-refractivity contribution in [3.05, 3.63) is 36.5 Å². The van der Waals surface area contributed by atoms with E-state index < -0.39 is 10.0 Å². The summed E-state index contributed by atoms with van der Waals surface area (Å²) in [4.78, 5) is 0.274. The van der Waals surface area contributed by atoms with E-state index in [4.69, 9.17) is 0 Å². The van der Waals surface area contributed by atoms with Gasteiger partial charge in [0.25, 0.3) is 0 Å². The average molecular weight is 335 g/mol. The zero-order chi connectivity index (χ0) is 17.0. The number of aromatic nitrogens is 2. The molecule has 1 aromatic carbocycles. The minimum atomic E-state index is -3.55. The Balaban J connectivity index is 2.52. The number of rotatable bonds is 7. The van der Waals surface area contributed by atoms with E-state index in [0.717, 1.165) is 18.4 Å². The van der Waals surface area contributed by atoms with Crippen LogP contribution in [0.1, 0.15) is 39.7 Å². The Morgan fingerprint density at radius 3 is 2.43 bits per heavy atom. The average Bonchev–Trinajstić information content (AvgIpc) is 2.99. The number of benzene rings is 1. The first-order valence-electron chi connectivity index (χ1n) is 7.98. The topological polar surface area (TPSA) is 55.2 Å². The van der Waals surface area contributed by atoms with E-state index in [2.05, 4.69) is 5.10 Å². The van der Waals surface area contributed by atoms with Gasteiger partial charge < -0.3 is 0 Å². The molecule has 2 aromatic rings. The van der Waals surface area contributed by atoms with E-state index in [1.807, 2.05) is 51.1 Å². The molecule has 0 aliphatic heterocycles. The first kappa shape index (κ1) is 17.7. The molecule has 5 nitrogen and oxygen atoms in total. The third-order valence-electron chi connectivity index (χ3n) is 3.79. The van der Waals surface area contributed by atoms with Gasteiger partial charge in [-0.15, -0.1) is 0 Å². The van der Waals surface area contributed by atoms with Gasteiger partial charge in [-0.05, 0) is 20.3 Å². The van der Waals surface area contributed by atoms with Crippen LogP contribution in [0.15, 0.2) is 41.4 Å². The smallest absolute Gasteiger partial charge is 0.246 e. The van der Waals surface area contributed by atoms with Gasteiger partial charge in [0.1, 0.15) is 10.6 Å². The highest BCUT2D eigenvalue weighted by molar-refractivity contribution is 7.89. The summed E-state index contributed by atoms with van der Waals surface area (Å²) >= 11 is 0. The van der Waals surface area contributed by atoms with Crippen LogP contribution in [-0.2, 0) is 10.0 Å². The third kappa shape index (κ3) is 3.82. The van der Waals surface area contributed by atoms with Gasteiger partial charge >= 0.3 is 0 Å². The van der Waals surface area contributed by atoms with Crippen molar-refractivity contribution in [2.24, 2.45) is 0 Å². The lowest BCUT2D eigenvalue weighted by Gasteiger charge is -2.16. The molecule has 23 heavy (non-hydrogen) atoms. The van der Waals surface area contributed by atoms with Crippen LogP contribution in [0.2, 0.25) is 0 Å². The molecule has 0 saturated heterocycles. The number of nitrogens with zero attached hydrogens (tertiary/aromatic N) is 3.